The van der Waals surface area contributed by atoms with E-state index in [1.807, 2.05) is 23.6 Å². The monoisotopic (exact) mass is 273 g/mol. The summed E-state index contributed by atoms with van der Waals surface area (Å²) in [4.78, 5) is 16.0. The van der Waals surface area contributed by atoms with E-state index in [4.69, 9.17) is 0 Å². The molecule has 0 saturated carbocycles. The number of carboxylic acids is 1. The van der Waals surface area contributed by atoms with Gasteiger partial charge < -0.3 is 5.11 Å². The predicted octanol–water partition coefficient (Wildman–Crippen LogP) is 2.95. The number of aliphatic carboxylic acids is 1. The Labute approximate surface area is 115 Å². The van der Waals surface area contributed by atoms with Gasteiger partial charge in [-0.1, -0.05) is 24.3 Å². The van der Waals surface area contributed by atoms with E-state index in [2.05, 4.69) is 11.1 Å². The first-order valence-corrected chi connectivity index (χ1v) is 7.26. The number of carbonyl (C=O) groups is 1. The van der Waals surface area contributed by atoms with Crippen LogP contribution < -0.4 is 0 Å². The van der Waals surface area contributed by atoms with E-state index in [9.17, 15) is 9.90 Å². The van der Waals surface area contributed by atoms with Crippen LogP contribution in [0.1, 0.15) is 22.6 Å². The minimum absolute atomic E-state index is 0.536. The van der Waals surface area contributed by atoms with Crippen molar-refractivity contribution < 1.29 is 9.90 Å². The normalized spacial score (nSPS) is 21.9. The predicted molar refractivity (Wildman–Crippen MR) is 74.4 cm³/mol. The van der Waals surface area contributed by atoms with Crippen LogP contribution in [0.4, 0.5) is 0 Å². The summed E-state index contributed by atoms with van der Waals surface area (Å²) in [7, 11) is 0. The van der Waals surface area contributed by atoms with Crippen molar-refractivity contribution in [3.63, 3.8) is 0 Å². The summed E-state index contributed by atoms with van der Waals surface area (Å²) >= 11 is 1.54. The third-order valence-corrected chi connectivity index (χ3v) is 4.73. The van der Waals surface area contributed by atoms with Crippen molar-refractivity contribution in [1.29, 1.82) is 0 Å². The van der Waals surface area contributed by atoms with E-state index >= 15 is 0 Å². The van der Waals surface area contributed by atoms with Crippen molar-refractivity contribution in [2.75, 3.05) is 0 Å². The Morgan fingerprint density at radius 2 is 2.16 bits per heavy atom. The first kappa shape index (κ1) is 12.4. The number of benzene rings is 1. The number of fused-ring (bicyclic) bond motifs is 1. The molecular weight excluding hydrogens is 258 g/mol. The van der Waals surface area contributed by atoms with Gasteiger partial charge in [-0.2, -0.15) is 0 Å². The number of hydrogen-bond donors (Lipinski definition) is 1. The van der Waals surface area contributed by atoms with Crippen molar-refractivity contribution in [3.8, 4) is 0 Å². The van der Waals surface area contributed by atoms with Crippen LogP contribution in [-0.2, 0) is 24.1 Å². The van der Waals surface area contributed by atoms with Gasteiger partial charge in [0.25, 0.3) is 0 Å². The standard InChI is InChI=1S/C15H15NO2S/c17-14(18)15(10-13-16-7-8-19-13)6-5-11-3-1-2-4-12(11)9-15/h1-4,7-8H,5-6,9-10H2,(H,17,18). The Morgan fingerprint density at radius 1 is 1.37 bits per heavy atom. The van der Waals surface area contributed by atoms with Crippen LogP contribution in [0.3, 0.4) is 0 Å². The maximum atomic E-state index is 11.8. The highest BCUT2D eigenvalue weighted by Gasteiger charge is 2.42. The zero-order valence-corrected chi connectivity index (χ0v) is 11.3. The zero-order valence-electron chi connectivity index (χ0n) is 10.5. The summed E-state index contributed by atoms with van der Waals surface area (Å²) in [5.74, 6) is -0.697. The molecule has 1 atom stereocenters. The molecule has 0 saturated heterocycles. The van der Waals surface area contributed by atoms with Gasteiger partial charge in [0.15, 0.2) is 0 Å². The summed E-state index contributed by atoms with van der Waals surface area (Å²) in [5, 5.41) is 12.5. The molecule has 1 aromatic heterocycles. The molecule has 0 radical (unpaired) electrons. The molecule has 0 amide bonds. The molecule has 0 fully saturated rings. The Hall–Kier alpha value is -1.68. The topological polar surface area (TPSA) is 50.2 Å². The molecule has 0 spiro atoms. The Kier molecular flexibility index (Phi) is 3.11. The summed E-state index contributed by atoms with van der Waals surface area (Å²) in [6, 6.07) is 8.16. The lowest BCUT2D eigenvalue weighted by molar-refractivity contribution is -0.149. The molecule has 3 rings (SSSR count). The summed E-state index contributed by atoms with van der Waals surface area (Å²) in [6.07, 6.45) is 4.42. The van der Waals surface area contributed by atoms with Crippen molar-refractivity contribution in [2.45, 2.75) is 25.7 Å². The number of hydrogen-bond acceptors (Lipinski definition) is 3. The van der Waals surface area contributed by atoms with Crippen molar-refractivity contribution in [2.24, 2.45) is 5.41 Å². The smallest absolute Gasteiger partial charge is 0.310 e. The van der Waals surface area contributed by atoms with Gasteiger partial charge in [0.05, 0.1) is 10.4 Å². The number of rotatable bonds is 3. The molecule has 2 aromatic rings. The molecule has 19 heavy (non-hydrogen) atoms. The zero-order chi connectivity index (χ0) is 13.3. The Bertz CT molecular complexity index is 594. The second kappa shape index (κ2) is 4.78. The highest BCUT2D eigenvalue weighted by atomic mass is 32.1. The summed E-state index contributed by atoms with van der Waals surface area (Å²) < 4.78 is 0. The first-order valence-electron chi connectivity index (χ1n) is 6.38. The fourth-order valence-electron chi connectivity index (χ4n) is 2.84. The maximum absolute atomic E-state index is 11.8. The van der Waals surface area contributed by atoms with Crippen molar-refractivity contribution in [3.05, 3.63) is 52.0 Å². The fourth-order valence-corrected chi connectivity index (χ4v) is 3.60. The number of aromatic nitrogens is 1. The highest BCUT2D eigenvalue weighted by molar-refractivity contribution is 7.09. The average Bonchev–Trinajstić information content (AvgIpc) is 2.91. The molecular formula is C15H15NO2S. The number of thiazole rings is 1. The lowest BCUT2D eigenvalue weighted by atomic mass is 9.69. The van der Waals surface area contributed by atoms with Crippen molar-refractivity contribution >= 4 is 17.3 Å². The highest BCUT2D eigenvalue weighted by Crippen LogP contribution is 2.39. The Morgan fingerprint density at radius 3 is 2.84 bits per heavy atom. The molecule has 0 aliphatic heterocycles. The minimum Gasteiger partial charge on any atom is -0.481 e. The van der Waals surface area contributed by atoms with Crippen LogP contribution in [-0.4, -0.2) is 16.1 Å². The second-order valence-electron chi connectivity index (χ2n) is 5.13. The number of nitrogens with zero attached hydrogens (tertiary/aromatic N) is 1. The number of carboxylic acid groups (broad SMARTS) is 1. The molecule has 1 unspecified atom stereocenters. The summed E-state index contributed by atoms with van der Waals surface area (Å²) in [5.41, 5.74) is 1.78. The van der Waals surface area contributed by atoms with Gasteiger partial charge in [-0.3, -0.25) is 4.79 Å². The van der Waals surface area contributed by atoms with Crippen LogP contribution in [0.15, 0.2) is 35.8 Å². The average molecular weight is 273 g/mol. The van der Waals surface area contributed by atoms with Gasteiger partial charge in [-0.05, 0) is 30.4 Å². The molecule has 1 aliphatic rings. The fraction of sp³-hybridized carbons (Fsp3) is 0.333. The van der Waals surface area contributed by atoms with Gasteiger partial charge in [0.2, 0.25) is 0 Å². The first-order chi connectivity index (χ1) is 9.20. The largest absolute Gasteiger partial charge is 0.481 e. The van der Waals surface area contributed by atoms with Crippen LogP contribution in [0.2, 0.25) is 0 Å². The van der Waals surface area contributed by atoms with E-state index in [0.717, 1.165) is 11.4 Å². The lowest BCUT2D eigenvalue weighted by Crippen LogP contribution is -2.39. The van der Waals surface area contributed by atoms with E-state index in [1.165, 1.54) is 22.5 Å². The third-order valence-electron chi connectivity index (χ3n) is 3.95. The van der Waals surface area contributed by atoms with E-state index in [1.54, 1.807) is 6.20 Å². The molecule has 3 nitrogen and oxygen atoms in total. The molecule has 1 heterocycles. The summed E-state index contributed by atoms with van der Waals surface area (Å²) in [6.45, 7) is 0. The maximum Gasteiger partial charge on any atom is 0.310 e. The van der Waals surface area contributed by atoms with Gasteiger partial charge in [0.1, 0.15) is 0 Å². The molecule has 1 N–H and O–H groups in total. The van der Waals surface area contributed by atoms with Gasteiger partial charge in [-0.25, -0.2) is 4.98 Å². The number of aryl methyl sites for hydroxylation is 1. The lowest BCUT2D eigenvalue weighted by Gasteiger charge is -2.33. The van der Waals surface area contributed by atoms with Crippen LogP contribution >= 0.6 is 11.3 Å². The molecule has 1 aromatic carbocycles. The minimum atomic E-state index is -0.697. The van der Waals surface area contributed by atoms with Crippen molar-refractivity contribution in [1.82, 2.24) is 4.98 Å². The van der Waals surface area contributed by atoms with E-state index in [-0.39, 0.29) is 0 Å². The van der Waals surface area contributed by atoms with Crippen LogP contribution in [0.5, 0.6) is 0 Å². The molecule has 4 heteroatoms. The van der Waals surface area contributed by atoms with Crippen LogP contribution in [0.25, 0.3) is 0 Å². The van der Waals surface area contributed by atoms with E-state index in [0.29, 0.717) is 19.3 Å². The van der Waals surface area contributed by atoms with Crippen LogP contribution in [0, 0.1) is 5.41 Å². The van der Waals surface area contributed by atoms with Gasteiger partial charge >= 0.3 is 5.97 Å². The molecule has 1 aliphatic carbocycles. The Balaban J connectivity index is 1.93. The van der Waals surface area contributed by atoms with Gasteiger partial charge in [0, 0.05) is 18.0 Å². The second-order valence-corrected chi connectivity index (χ2v) is 6.11. The SMILES string of the molecule is O=C(O)C1(Cc2nccs2)CCc2ccccc2C1. The third kappa shape index (κ3) is 2.28. The van der Waals surface area contributed by atoms with E-state index < -0.39 is 11.4 Å². The molecule has 98 valence electrons. The van der Waals surface area contributed by atoms with Gasteiger partial charge in [-0.15, -0.1) is 11.3 Å². The molecule has 0 bridgehead atoms. The quantitative estimate of drug-likeness (QED) is 0.935.